The average molecular weight is 241 g/mol. The van der Waals surface area contributed by atoms with Gasteiger partial charge in [-0.15, -0.1) is 12.3 Å². The zero-order valence-electron chi connectivity index (χ0n) is 11.3. The van der Waals surface area contributed by atoms with Gasteiger partial charge in [0.2, 0.25) is 0 Å². The maximum Gasteiger partial charge on any atom is 0.0325 e. The lowest BCUT2D eigenvalue weighted by molar-refractivity contribution is 0.407. The fourth-order valence-corrected chi connectivity index (χ4v) is 2.84. The van der Waals surface area contributed by atoms with Gasteiger partial charge >= 0.3 is 0 Å². The number of hydrogen-bond donors (Lipinski definition) is 1. The van der Waals surface area contributed by atoms with Crippen LogP contribution in [0.15, 0.2) is 24.3 Å². The Hall–Kier alpha value is -1.26. The lowest BCUT2D eigenvalue weighted by Gasteiger charge is -2.24. The summed E-state index contributed by atoms with van der Waals surface area (Å²) in [5.74, 6) is 2.79. The number of hydrogen-bond acceptors (Lipinski definition) is 1. The van der Waals surface area contributed by atoms with E-state index in [-0.39, 0.29) is 0 Å². The van der Waals surface area contributed by atoms with Crippen molar-refractivity contribution in [2.45, 2.75) is 57.5 Å². The maximum absolute atomic E-state index is 5.45. The Morgan fingerprint density at radius 3 is 3.00 bits per heavy atom. The van der Waals surface area contributed by atoms with E-state index >= 15 is 0 Å². The average Bonchev–Trinajstić information content (AvgIpc) is 2.61. The van der Waals surface area contributed by atoms with Gasteiger partial charge in [0, 0.05) is 18.5 Å². The highest BCUT2D eigenvalue weighted by Gasteiger charge is 2.20. The normalized spacial score (nSPS) is 20.6. The molecule has 1 heteroatoms. The third-order valence-electron chi connectivity index (χ3n) is 3.91. The molecular formula is C17H23N. The lowest BCUT2D eigenvalue weighted by Crippen LogP contribution is -2.32. The molecule has 0 aliphatic heterocycles. The van der Waals surface area contributed by atoms with Crippen LogP contribution in [0.1, 0.15) is 56.2 Å². The molecule has 1 aromatic carbocycles. The van der Waals surface area contributed by atoms with Gasteiger partial charge in [-0.3, -0.25) is 0 Å². The minimum absolute atomic E-state index is 0.450. The van der Waals surface area contributed by atoms with Crippen molar-refractivity contribution in [2.75, 3.05) is 0 Å². The van der Waals surface area contributed by atoms with Crippen molar-refractivity contribution < 1.29 is 0 Å². The molecule has 0 bridgehead atoms. The Labute approximate surface area is 111 Å². The maximum atomic E-state index is 5.45. The van der Waals surface area contributed by atoms with E-state index in [0.29, 0.717) is 12.1 Å². The second-order valence-corrected chi connectivity index (χ2v) is 5.18. The number of fused-ring (bicyclic) bond motifs is 1. The molecule has 96 valence electrons. The van der Waals surface area contributed by atoms with E-state index < -0.39 is 0 Å². The highest BCUT2D eigenvalue weighted by Crippen LogP contribution is 2.29. The highest BCUT2D eigenvalue weighted by atomic mass is 14.9. The Balaban J connectivity index is 2.15. The topological polar surface area (TPSA) is 12.0 Å². The molecule has 0 amide bonds. The van der Waals surface area contributed by atoms with Crippen molar-refractivity contribution in [3.63, 3.8) is 0 Å². The van der Waals surface area contributed by atoms with Crippen LogP contribution in [-0.4, -0.2) is 6.04 Å². The van der Waals surface area contributed by atoms with Crippen molar-refractivity contribution in [3.05, 3.63) is 35.4 Å². The summed E-state index contributed by atoms with van der Waals surface area (Å²) in [7, 11) is 0. The number of benzene rings is 1. The van der Waals surface area contributed by atoms with Crippen LogP contribution in [0.2, 0.25) is 0 Å². The second-order valence-electron chi connectivity index (χ2n) is 5.18. The molecule has 1 aromatic rings. The molecule has 18 heavy (non-hydrogen) atoms. The SMILES string of the molecule is C#CCC(CC)NC1CCCCc2ccccc21. The first-order chi connectivity index (χ1) is 8.85. The molecule has 2 atom stereocenters. The summed E-state index contributed by atoms with van der Waals surface area (Å²) in [6.07, 6.45) is 12.4. The first kappa shape index (κ1) is 13.2. The summed E-state index contributed by atoms with van der Waals surface area (Å²) in [6.45, 7) is 2.21. The largest absolute Gasteiger partial charge is 0.306 e. The van der Waals surface area contributed by atoms with E-state index in [9.17, 15) is 0 Å². The Morgan fingerprint density at radius 1 is 1.39 bits per heavy atom. The Bertz CT molecular complexity index is 416. The van der Waals surface area contributed by atoms with Crippen LogP contribution in [0.5, 0.6) is 0 Å². The molecule has 2 unspecified atom stereocenters. The smallest absolute Gasteiger partial charge is 0.0325 e. The number of rotatable bonds is 4. The van der Waals surface area contributed by atoms with Gasteiger partial charge < -0.3 is 5.32 Å². The molecule has 2 rings (SSSR count). The standard InChI is InChI=1S/C17H23N/c1-3-9-15(4-2)18-17-13-8-6-11-14-10-5-7-12-16(14)17/h1,5,7,10,12,15,17-18H,4,6,8-9,11,13H2,2H3. The van der Waals surface area contributed by atoms with Gasteiger partial charge in [-0.05, 0) is 36.8 Å². The lowest BCUT2D eigenvalue weighted by atomic mass is 9.97. The van der Waals surface area contributed by atoms with E-state index in [1.165, 1.54) is 36.8 Å². The predicted molar refractivity (Wildman–Crippen MR) is 77.4 cm³/mol. The molecule has 0 saturated carbocycles. The van der Waals surface area contributed by atoms with E-state index in [0.717, 1.165) is 12.8 Å². The minimum atomic E-state index is 0.450. The number of terminal acetylenes is 1. The molecule has 1 aliphatic carbocycles. The summed E-state index contributed by atoms with van der Waals surface area (Å²) in [4.78, 5) is 0. The third kappa shape index (κ3) is 3.15. The fraction of sp³-hybridized carbons (Fsp3) is 0.529. The van der Waals surface area contributed by atoms with Crippen LogP contribution < -0.4 is 5.32 Å². The monoisotopic (exact) mass is 241 g/mol. The van der Waals surface area contributed by atoms with Crippen LogP contribution >= 0.6 is 0 Å². The van der Waals surface area contributed by atoms with Crippen LogP contribution in [0, 0.1) is 12.3 Å². The van der Waals surface area contributed by atoms with E-state index in [4.69, 9.17) is 6.42 Å². The quantitative estimate of drug-likeness (QED) is 0.624. The minimum Gasteiger partial charge on any atom is -0.306 e. The van der Waals surface area contributed by atoms with Gasteiger partial charge in [0.15, 0.2) is 0 Å². The first-order valence-electron chi connectivity index (χ1n) is 7.12. The van der Waals surface area contributed by atoms with Crippen molar-refractivity contribution >= 4 is 0 Å². The van der Waals surface area contributed by atoms with Gasteiger partial charge in [-0.1, -0.05) is 37.6 Å². The fourth-order valence-electron chi connectivity index (χ4n) is 2.84. The van der Waals surface area contributed by atoms with E-state index in [2.05, 4.69) is 42.4 Å². The summed E-state index contributed by atoms with van der Waals surface area (Å²) in [5.41, 5.74) is 3.01. The third-order valence-corrected chi connectivity index (χ3v) is 3.91. The van der Waals surface area contributed by atoms with Crippen LogP contribution in [0.3, 0.4) is 0 Å². The molecule has 1 nitrogen and oxygen atoms in total. The summed E-state index contributed by atoms with van der Waals surface area (Å²) in [6, 6.07) is 9.80. The molecule has 0 fully saturated rings. The van der Waals surface area contributed by atoms with Crippen LogP contribution in [0.4, 0.5) is 0 Å². The summed E-state index contributed by atoms with van der Waals surface area (Å²) >= 11 is 0. The van der Waals surface area contributed by atoms with Crippen molar-refractivity contribution in [2.24, 2.45) is 0 Å². The predicted octanol–water partition coefficient (Wildman–Crippen LogP) is 3.85. The van der Waals surface area contributed by atoms with Crippen molar-refractivity contribution in [1.29, 1.82) is 0 Å². The second kappa shape index (κ2) is 6.61. The van der Waals surface area contributed by atoms with E-state index in [1.54, 1.807) is 0 Å². The van der Waals surface area contributed by atoms with Crippen molar-refractivity contribution in [3.8, 4) is 12.3 Å². The molecule has 0 spiro atoms. The molecule has 1 N–H and O–H groups in total. The molecule has 1 aliphatic rings. The molecule has 0 radical (unpaired) electrons. The molecule has 0 saturated heterocycles. The van der Waals surface area contributed by atoms with Gasteiger partial charge in [-0.25, -0.2) is 0 Å². The number of aryl methyl sites for hydroxylation is 1. The number of nitrogens with one attached hydrogen (secondary N) is 1. The molecule has 0 aromatic heterocycles. The van der Waals surface area contributed by atoms with Gasteiger partial charge in [0.25, 0.3) is 0 Å². The van der Waals surface area contributed by atoms with Crippen LogP contribution in [0.25, 0.3) is 0 Å². The molecule has 0 heterocycles. The van der Waals surface area contributed by atoms with Crippen LogP contribution in [-0.2, 0) is 6.42 Å². The first-order valence-corrected chi connectivity index (χ1v) is 7.12. The highest BCUT2D eigenvalue weighted by molar-refractivity contribution is 5.31. The Morgan fingerprint density at radius 2 is 2.22 bits per heavy atom. The molecular weight excluding hydrogens is 218 g/mol. The van der Waals surface area contributed by atoms with Gasteiger partial charge in [0.1, 0.15) is 0 Å². The zero-order valence-corrected chi connectivity index (χ0v) is 11.3. The van der Waals surface area contributed by atoms with Gasteiger partial charge in [0.05, 0.1) is 0 Å². The van der Waals surface area contributed by atoms with E-state index in [1.807, 2.05) is 0 Å². The summed E-state index contributed by atoms with van der Waals surface area (Å²) in [5, 5.41) is 3.76. The van der Waals surface area contributed by atoms with Crippen molar-refractivity contribution in [1.82, 2.24) is 5.32 Å². The Kier molecular flexibility index (Phi) is 4.84. The summed E-state index contributed by atoms with van der Waals surface area (Å²) < 4.78 is 0. The van der Waals surface area contributed by atoms with Gasteiger partial charge in [-0.2, -0.15) is 0 Å². The zero-order chi connectivity index (χ0) is 12.8.